The summed E-state index contributed by atoms with van der Waals surface area (Å²) in [7, 11) is -16.2. The summed E-state index contributed by atoms with van der Waals surface area (Å²) in [6.07, 6.45) is 0. The second-order valence-corrected chi connectivity index (χ2v) is 4.02. The van der Waals surface area contributed by atoms with Crippen molar-refractivity contribution in [3.05, 3.63) is 0 Å². The quantitative estimate of drug-likeness (QED) is 0.220. The summed E-state index contributed by atoms with van der Waals surface area (Å²) in [5.41, 5.74) is 0. The first kappa shape index (κ1) is 56.4. The monoisotopic (exact) mass is 502 g/mol. The van der Waals surface area contributed by atoms with Gasteiger partial charge in [-0.2, -0.15) is 23.5 Å². The molecule has 0 aromatic carbocycles. The molecule has 0 unspecified atom stereocenters. The van der Waals surface area contributed by atoms with Crippen LogP contribution in [0.15, 0.2) is 0 Å². The first-order valence-corrected chi connectivity index (χ1v) is 6.57. The van der Waals surface area contributed by atoms with Gasteiger partial charge in [-0.05, 0) is 0 Å². The van der Waals surface area contributed by atoms with Crippen molar-refractivity contribution in [3.8, 4) is 0 Å². The van der Waals surface area contributed by atoms with E-state index >= 15 is 0 Å². The second kappa shape index (κ2) is 28.8. The van der Waals surface area contributed by atoms with Crippen LogP contribution in [0.4, 0.5) is 0 Å². The topological polar surface area (TPSA) is 289 Å². The number of phosphoric acid groups is 3. The zero-order valence-corrected chi connectivity index (χ0v) is 23.9. The van der Waals surface area contributed by atoms with Crippen LogP contribution in [0, 0.1) is 0 Å². The van der Waals surface area contributed by atoms with E-state index in [-0.39, 0.29) is 194 Å². The van der Waals surface area contributed by atoms with Crippen LogP contribution >= 0.6 is 23.5 Å². The summed E-state index contributed by atoms with van der Waals surface area (Å²) in [6, 6.07) is 0. The molecule has 0 aromatic rings. The molecule has 0 atom stereocenters. The van der Waals surface area contributed by atoms with Gasteiger partial charge in [0.25, 0.3) is 0 Å². The van der Waals surface area contributed by atoms with Gasteiger partial charge in [0.2, 0.25) is 0 Å². The first-order valence-electron chi connectivity index (χ1n) is 2.19. The zero-order chi connectivity index (χ0) is 13.5. The van der Waals surface area contributed by atoms with Crippen molar-refractivity contribution in [1.82, 2.24) is 0 Å². The van der Waals surface area contributed by atoms with Crippen LogP contribution in [0.1, 0.15) is 0 Å². The molecule has 0 spiro atoms. The van der Waals surface area contributed by atoms with Gasteiger partial charge in [-0.1, -0.05) is 0 Å². The normalized spacial score (nSPS) is 8.43. The maximum Gasteiger partial charge on any atom is 0 e. The third kappa shape index (κ3) is 370. The van der Waals surface area contributed by atoms with E-state index in [0.717, 1.165) is 0 Å². The van der Waals surface area contributed by atoms with Crippen molar-refractivity contribution < 1.29 is 63.2 Å². The molecule has 0 aromatic heterocycles. The molecule has 0 saturated heterocycles. The molecule has 0 fully saturated rings. The Kier molecular flexibility index (Phi) is 77.4. The summed E-state index contributed by atoms with van der Waals surface area (Å²) in [6.45, 7) is 0. The Labute approximate surface area is 268 Å². The molecule has 0 aliphatic rings. The zero-order valence-electron chi connectivity index (χ0n) is 10.2. The van der Waals surface area contributed by atoms with Crippen molar-refractivity contribution in [2.24, 2.45) is 0 Å². The van der Waals surface area contributed by atoms with E-state index in [0.29, 0.717) is 0 Å². The minimum atomic E-state index is -5.39. The summed E-state index contributed by atoms with van der Waals surface area (Å²) < 4.78 is 25.6. The average Bonchev–Trinajstić information content (AvgIpc) is 1.41. The number of hydrogen-bond acceptors (Lipinski definition) is 13. The molecule has 10 radical (unpaired) electrons. The van der Waals surface area contributed by atoms with Crippen LogP contribution in [0.25, 0.3) is 0 Å². The van der Waals surface area contributed by atoms with Crippen molar-refractivity contribution in [1.29, 1.82) is 0 Å². The van der Waals surface area contributed by atoms with Crippen LogP contribution < -0.4 is 44.0 Å². The van der Waals surface area contributed by atoms with Gasteiger partial charge in [-0.25, -0.2) is 0 Å². The van der Waals surface area contributed by atoms with E-state index in [1.165, 1.54) is 0 Å². The average molecular weight is 502 g/mol. The van der Waals surface area contributed by atoms with Crippen LogP contribution in [-0.2, 0) is 13.7 Å². The summed E-state index contributed by atoms with van der Waals surface area (Å²) in [5, 5.41) is 0. The van der Waals surface area contributed by atoms with Crippen LogP contribution in [0.5, 0.6) is 0 Å². The smallest absolute Gasteiger partial charge is 0 e. The Hall–Kier alpha value is 6.59. The molecule has 0 rings (SSSR count). The maximum absolute atomic E-state index is 8.55. The molecule has 114 valence electrons. The molecule has 0 bridgehead atoms. The van der Waals surface area contributed by atoms with E-state index in [1.807, 2.05) is 0 Å². The van der Waals surface area contributed by atoms with Gasteiger partial charge in [0.15, 0.2) is 0 Å². The molecule has 0 saturated carbocycles. The fourth-order valence-corrected chi connectivity index (χ4v) is 0. The SMILES string of the molecule is O=P([O-])([O-])[O-].O=P([O-])([O-])[O-].O=P([O-])([O-])[O-].[Ca].[Ca].[Ca].[Ca].[Ca].[OH-]. The van der Waals surface area contributed by atoms with Gasteiger partial charge >= 0.3 is 0 Å². The summed E-state index contributed by atoms with van der Waals surface area (Å²) in [5.74, 6) is 0. The maximum atomic E-state index is 8.55. The van der Waals surface area contributed by atoms with Crippen molar-refractivity contribution >= 4 is 212 Å². The molecule has 13 nitrogen and oxygen atoms in total. The Morgan fingerprint density at radius 3 is 0.381 bits per heavy atom. The molecule has 21 heteroatoms. The van der Waals surface area contributed by atoms with Gasteiger partial charge in [-0.15, -0.1) is 0 Å². The fraction of sp³-hybridized carbons (Fsp3) is 0. The van der Waals surface area contributed by atoms with E-state index in [2.05, 4.69) is 0 Å². The van der Waals surface area contributed by atoms with E-state index in [4.69, 9.17) is 57.7 Å². The second-order valence-electron chi connectivity index (χ2n) is 1.34. The minimum absolute atomic E-state index is 0. The third-order valence-electron chi connectivity index (χ3n) is 0. The molecule has 21 heavy (non-hydrogen) atoms. The first-order chi connectivity index (χ1) is 6.00. The molecule has 0 heterocycles. The largest absolute Gasteiger partial charge is 0.870 e. The van der Waals surface area contributed by atoms with Gasteiger partial charge in [-0.3, -0.25) is 0 Å². The Bertz CT molecular complexity index is 214. The predicted molar refractivity (Wildman–Crippen MR) is 53.5 cm³/mol. The predicted octanol–water partition coefficient (Wildman–Crippen LogP) is -10.6. The van der Waals surface area contributed by atoms with Crippen LogP contribution in [0.2, 0.25) is 0 Å². The van der Waals surface area contributed by atoms with Crippen molar-refractivity contribution in [2.75, 3.05) is 0 Å². The van der Waals surface area contributed by atoms with Gasteiger partial charge in [0.1, 0.15) is 0 Å². The summed E-state index contributed by atoms with van der Waals surface area (Å²) in [4.78, 5) is 76.9. The molecular formula is HCa5O13P3-10. The van der Waals surface area contributed by atoms with Gasteiger partial charge in [0.05, 0.1) is 0 Å². The van der Waals surface area contributed by atoms with Crippen molar-refractivity contribution in [3.63, 3.8) is 0 Å². The van der Waals surface area contributed by atoms with Gasteiger partial charge in [0, 0.05) is 189 Å². The number of hydrogen-bond donors (Lipinski definition) is 0. The standard InChI is InChI=1S/5Ca.3H3O4P.H2O/c;;;;;3*1-5(2,3)4;/h;;;;;3*(H3,1,2,3,4);1H2/p-10. The fourth-order valence-electron chi connectivity index (χ4n) is 0. The molecular weight excluding hydrogens is 501 g/mol. The van der Waals surface area contributed by atoms with E-state index in [1.54, 1.807) is 0 Å². The number of rotatable bonds is 0. The molecule has 1 N–H and O–H groups in total. The van der Waals surface area contributed by atoms with Crippen molar-refractivity contribution in [2.45, 2.75) is 0 Å². The van der Waals surface area contributed by atoms with E-state index in [9.17, 15) is 0 Å². The Balaban J connectivity index is -0.0000000129. The molecule has 0 amide bonds. The van der Waals surface area contributed by atoms with Crippen LogP contribution in [0.3, 0.4) is 0 Å². The summed E-state index contributed by atoms with van der Waals surface area (Å²) >= 11 is 0. The van der Waals surface area contributed by atoms with Gasteiger partial charge < -0.3 is 63.2 Å². The van der Waals surface area contributed by atoms with Crippen LogP contribution in [-0.4, -0.2) is 194 Å². The minimum Gasteiger partial charge on any atom is -0.870 e. The molecule has 0 aliphatic carbocycles. The Morgan fingerprint density at radius 1 is 0.381 bits per heavy atom. The van der Waals surface area contributed by atoms with E-state index < -0.39 is 23.5 Å². The Morgan fingerprint density at radius 2 is 0.381 bits per heavy atom. The third-order valence-corrected chi connectivity index (χ3v) is 0. The molecule has 0 aliphatic heterocycles.